The normalized spacial score (nSPS) is 30.8. The van der Waals surface area contributed by atoms with Crippen molar-refractivity contribution in [2.24, 2.45) is 11.1 Å². The fraction of sp³-hybridized carbons (Fsp3) is 1.00. The molecule has 0 radical (unpaired) electrons. The highest BCUT2D eigenvalue weighted by Crippen LogP contribution is 2.43. The summed E-state index contributed by atoms with van der Waals surface area (Å²) in [6.45, 7) is 3.46. The number of rotatable bonds is 3. The lowest BCUT2D eigenvalue weighted by Gasteiger charge is -2.31. The van der Waals surface area contributed by atoms with Gasteiger partial charge in [-0.3, -0.25) is 0 Å². The predicted octanol–water partition coefficient (Wildman–Crippen LogP) is 2.05. The monoisotopic (exact) mass is 224 g/mol. The molecule has 1 aliphatic rings. The molecule has 0 heterocycles. The van der Waals surface area contributed by atoms with Crippen LogP contribution in [0.15, 0.2) is 0 Å². The summed E-state index contributed by atoms with van der Waals surface area (Å²) in [5.74, 6) is 0. The average molecular weight is 224 g/mol. The van der Waals surface area contributed by atoms with E-state index in [1.54, 1.807) is 0 Å². The number of hydrogen-bond acceptors (Lipinski definition) is 2. The minimum Gasteiger partial charge on any atom is -0.329 e. The van der Waals surface area contributed by atoms with Gasteiger partial charge >= 0.3 is 6.18 Å². The molecule has 0 aromatic heterocycles. The van der Waals surface area contributed by atoms with Crippen molar-refractivity contribution in [2.45, 2.75) is 44.8 Å². The predicted molar refractivity (Wildman–Crippen MR) is 53.5 cm³/mol. The van der Waals surface area contributed by atoms with E-state index in [0.717, 1.165) is 12.8 Å². The van der Waals surface area contributed by atoms with Crippen molar-refractivity contribution in [2.75, 3.05) is 13.1 Å². The van der Waals surface area contributed by atoms with Crippen LogP contribution in [0, 0.1) is 5.41 Å². The number of nitrogens with one attached hydrogen (secondary N) is 1. The third kappa shape index (κ3) is 3.65. The lowest BCUT2D eigenvalue weighted by Crippen LogP contribution is -2.52. The first-order valence-corrected chi connectivity index (χ1v) is 5.20. The fourth-order valence-corrected chi connectivity index (χ4v) is 2.36. The first-order chi connectivity index (χ1) is 6.68. The molecule has 0 aromatic rings. The minimum absolute atomic E-state index is 0.0952. The smallest absolute Gasteiger partial charge is 0.329 e. The molecule has 15 heavy (non-hydrogen) atoms. The molecule has 0 amide bonds. The van der Waals surface area contributed by atoms with Gasteiger partial charge in [-0.25, -0.2) is 0 Å². The molecule has 3 N–H and O–H groups in total. The van der Waals surface area contributed by atoms with Crippen LogP contribution >= 0.6 is 0 Å². The molecular formula is C10H19F3N2. The van der Waals surface area contributed by atoms with Crippen LogP contribution in [0.3, 0.4) is 0 Å². The minimum atomic E-state index is -4.16. The molecule has 1 atom stereocenters. The Labute approximate surface area is 88.4 Å². The second kappa shape index (κ2) is 3.94. The van der Waals surface area contributed by atoms with E-state index in [4.69, 9.17) is 5.73 Å². The molecule has 1 saturated carbocycles. The molecule has 0 spiro atoms. The quantitative estimate of drug-likeness (QED) is 0.770. The molecule has 0 bridgehead atoms. The zero-order valence-electron chi connectivity index (χ0n) is 9.25. The van der Waals surface area contributed by atoms with Crippen LogP contribution in [0.25, 0.3) is 0 Å². The van der Waals surface area contributed by atoms with E-state index in [2.05, 4.69) is 19.2 Å². The van der Waals surface area contributed by atoms with Gasteiger partial charge < -0.3 is 11.1 Å². The van der Waals surface area contributed by atoms with Crippen molar-refractivity contribution in [1.82, 2.24) is 5.32 Å². The maximum absolute atomic E-state index is 12.1. The lowest BCUT2D eigenvalue weighted by atomic mass is 9.87. The molecule has 5 heteroatoms. The van der Waals surface area contributed by atoms with Crippen LogP contribution in [0.2, 0.25) is 0 Å². The molecule has 90 valence electrons. The molecule has 1 aliphatic carbocycles. The second-order valence-corrected chi connectivity index (χ2v) is 5.29. The Balaban J connectivity index is 2.56. The zero-order chi connectivity index (χ0) is 11.7. The molecule has 1 rings (SSSR count). The van der Waals surface area contributed by atoms with Gasteiger partial charge in [-0.2, -0.15) is 13.2 Å². The number of alkyl halides is 3. The van der Waals surface area contributed by atoms with Gasteiger partial charge in [0.1, 0.15) is 0 Å². The Morgan fingerprint density at radius 3 is 2.20 bits per heavy atom. The Morgan fingerprint density at radius 1 is 1.27 bits per heavy atom. The maximum atomic E-state index is 12.1. The maximum Gasteiger partial charge on any atom is 0.401 e. The number of hydrogen-bond donors (Lipinski definition) is 2. The average Bonchev–Trinajstić information content (AvgIpc) is 2.39. The zero-order valence-corrected chi connectivity index (χ0v) is 9.25. The Hall–Kier alpha value is -0.290. The second-order valence-electron chi connectivity index (χ2n) is 5.29. The molecule has 0 saturated heterocycles. The van der Waals surface area contributed by atoms with E-state index in [-0.39, 0.29) is 12.0 Å². The standard InChI is InChI=1S/C10H19F3N2/c1-8(2)3-4-9(5-8,6-14)15-7-10(11,12)13/h15H,3-7,14H2,1-2H3. The topological polar surface area (TPSA) is 38.0 Å². The van der Waals surface area contributed by atoms with E-state index in [1.165, 1.54) is 0 Å². The van der Waals surface area contributed by atoms with E-state index < -0.39 is 18.3 Å². The summed E-state index contributed by atoms with van der Waals surface area (Å²) in [7, 11) is 0. The summed E-state index contributed by atoms with van der Waals surface area (Å²) >= 11 is 0. The van der Waals surface area contributed by atoms with Crippen LogP contribution in [-0.2, 0) is 0 Å². The Bertz CT molecular complexity index is 225. The summed E-state index contributed by atoms with van der Waals surface area (Å²) in [5, 5.41) is 2.59. The Kier molecular flexibility index (Phi) is 3.36. The van der Waals surface area contributed by atoms with Crippen molar-refractivity contribution >= 4 is 0 Å². The molecule has 0 aromatic carbocycles. The highest BCUT2D eigenvalue weighted by molar-refractivity contribution is 5.00. The third-order valence-corrected chi connectivity index (χ3v) is 3.15. The van der Waals surface area contributed by atoms with Gasteiger partial charge in [0.15, 0.2) is 0 Å². The van der Waals surface area contributed by atoms with Gasteiger partial charge in [-0.05, 0) is 24.7 Å². The highest BCUT2D eigenvalue weighted by Gasteiger charge is 2.43. The molecule has 0 aliphatic heterocycles. The lowest BCUT2D eigenvalue weighted by molar-refractivity contribution is -0.128. The van der Waals surface area contributed by atoms with Gasteiger partial charge in [0.25, 0.3) is 0 Å². The first-order valence-electron chi connectivity index (χ1n) is 5.20. The van der Waals surface area contributed by atoms with E-state index in [0.29, 0.717) is 6.42 Å². The largest absolute Gasteiger partial charge is 0.401 e. The molecule has 2 nitrogen and oxygen atoms in total. The first kappa shape index (κ1) is 12.8. The van der Waals surface area contributed by atoms with Crippen LogP contribution < -0.4 is 11.1 Å². The van der Waals surface area contributed by atoms with Gasteiger partial charge in [-0.15, -0.1) is 0 Å². The van der Waals surface area contributed by atoms with Crippen LogP contribution in [-0.4, -0.2) is 24.8 Å². The van der Waals surface area contributed by atoms with Gasteiger partial charge in [0.05, 0.1) is 6.54 Å². The summed E-state index contributed by atoms with van der Waals surface area (Å²) < 4.78 is 36.3. The molecule has 1 unspecified atom stereocenters. The number of nitrogens with two attached hydrogens (primary N) is 1. The fourth-order valence-electron chi connectivity index (χ4n) is 2.36. The SMILES string of the molecule is CC1(C)CCC(CN)(NCC(F)(F)F)C1. The van der Waals surface area contributed by atoms with Crippen molar-refractivity contribution in [1.29, 1.82) is 0 Å². The summed E-state index contributed by atoms with van der Waals surface area (Å²) in [6, 6.07) is 0. The van der Waals surface area contributed by atoms with Crippen molar-refractivity contribution in [3.63, 3.8) is 0 Å². The third-order valence-electron chi connectivity index (χ3n) is 3.15. The van der Waals surface area contributed by atoms with E-state index in [9.17, 15) is 13.2 Å². The van der Waals surface area contributed by atoms with Crippen LogP contribution in [0.4, 0.5) is 13.2 Å². The van der Waals surface area contributed by atoms with Gasteiger partial charge in [0, 0.05) is 12.1 Å². The summed E-state index contributed by atoms with van der Waals surface area (Å²) in [5.41, 5.74) is 5.17. The van der Waals surface area contributed by atoms with Crippen molar-refractivity contribution in [3.05, 3.63) is 0 Å². The summed E-state index contributed by atoms with van der Waals surface area (Å²) in [6.07, 6.45) is -1.79. The van der Waals surface area contributed by atoms with Crippen LogP contribution in [0.5, 0.6) is 0 Å². The Morgan fingerprint density at radius 2 is 1.87 bits per heavy atom. The van der Waals surface area contributed by atoms with Crippen LogP contribution in [0.1, 0.15) is 33.1 Å². The number of halogens is 3. The van der Waals surface area contributed by atoms with Gasteiger partial charge in [-0.1, -0.05) is 13.8 Å². The van der Waals surface area contributed by atoms with Crippen molar-refractivity contribution in [3.8, 4) is 0 Å². The molecule has 1 fully saturated rings. The van der Waals surface area contributed by atoms with Crippen molar-refractivity contribution < 1.29 is 13.2 Å². The molecular weight excluding hydrogens is 205 g/mol. The van der Waals surface area contributed by atoms with E-state index >= 15 is 0 Å². The van der Waals surface area contributed by atoms with Gasteiger partial charge in [0.2, 0.25) is 0 Å². The summed E-state index contributed by atoms with van der Waals surface area (Å²) in [4.78, 5) is 0. The van der Waals surface area contributed by atoms with E-state index in [1.807, 2.05) is 0 Å². The highest BCUT2D eigenvalue weighted by atomic mass is 19.4.